The molecule has 8 heteroatoms. The van der Waals surface area contributed by atoms with Crippen LogP contribution in [0.3, 0.4) is 0 Å². The first-order valence-electron chi connectivity index (χ1n) is 7.02. The van der Waals surface area contributed by atoms with E-state index < -0.39 is 34.2 Å². The average molecular weight is 329 g/mol. The molecule has 0 saturated heterocycles. The van der Waals surface area contributed by atoms with Crippen LogP contribution >= 0.6 is 0 Å². The minimum absolute atomic E-state index is 0.0115. The summed E-state index contributed by atoms with van der Waals surface area (Å²) in [5.74, 6) is -1.66. The maximum Gasteiger partial charge on any atom is 0.310 e. The van der Waals surface area contributed by atoms with Gasteiger partial charge in [0.15, 0.2) is 5.75 Å². The van der Waals surface area contributed by atoms with Crippen LogP contribution in [0.15, 0.2) is 48.5 Å². The van der Waals surface area contributed by atoms with Crippen molar-refractivity contribution in [2.24, 2.45) is 0 Å². The summed E-state index contributed by atoms with van der Waals surface area (Å²) in [4.78, 5) is 34.0. The fourth-order valence-corrected chi connectivity index (χ4v) is 1.94. The predicted molar refractivity (Wildman–Crippen MR) is 86.8 cm³/mol. The molecule has 8 nitrogen and oxygen atoms in total. The van der Waals surface area contributed by atoms with Gasteiger partial charge in [0, 0.05) is 17.3 Å². The van der Waals surface area contributed by atoms with Crippen molar-refractivity contribution in [1.82, 2.24) is 5.32 Å². The molecule has 24 heavy (non-hydrogen) atoms. The summed E-state index contributed by atoms with van der Waals surface area (Å²) in [6.45, 7) is 1.50. The Hall–Kier alpha value is -3.42. The van der Waals surface area contributed by atoms with Crippen LogP contribution in [0.1, 0.15) is 17.3 Å². The van der Waals surface area contributed by atoms with E-state index in [2.05, 4.69) is 10.6 Å². The molecule has 0 saturated carbocycles. The molecule has 2 rings (SSSR count). The summed E-state index contributed by atoms with van der Waals surface area (Å²) in [6, 6.07) is 11.1. The second-order valence-corrected chi connectivity index (χ2v) is 5.01. The molecule has 0 fully saturated rings. The third-order valence-corrected chi connectivity index (χ3v) is 3.22. The number of anilines is 1. The summed E-state index contributed by atoms with van der Waals surface area (Å²) >= 11 is 0. The third-order valence-electron chi connectivity index (χ3n) is 3.22. The minimum Gasteiger partial charge on any atom is -0.502 e. The van der Waals surface area contributed by atoms with Crippen LogP contribution in [0.2, 0.25) is 0 Å². The summed E-state index contributed by atoms with van der Waals surface area (Å²) in [7, 11) is 0. The number of nitrogens with zero attached hydrogens (tertiary/aromatic N) is 1. The lowest BCUT2D eigenvalue weighted by atomic mass is 10.1. The molecule has 0 aromatic heterocycles. The second kappa shape index (κ2) is 7.23. The molecule has 0 aliphatic heterocycles. The number of nitro groups is 1. The van der Waals surface area contributed by atoms with E-state index in [1.54, 1.807) is 24.3 Å². The van der Waals surface area contributed by atoms with E-state index in [0.29, 0.717) is 5.69 Å². The van der Waals surface area contributed by atoms with Gasteiger partial charge < -0.3 is 15.7 Å². The topological polar surface area (TPSA) is 122 Å². The third kappa shape index (κ3) is 4.07. The van der Waals surface area contributed by atoms with Crippen molar-refractivity contribution >= 4 is 23.2 Å². The van der Waals surface area contributed by atoms with Crippen LogP contribution in [0.5, 0.6) is 5.75 Å². The first-order chi connectivity index (χ1) is 11.4. The number of benzene rings is 2. The van der Waals surface area contributed by atoms with Gasteiger partial charge in [0.2, 0.25) is 5.91 Å². The van der Waals surface area contributed by atoms with E-state index in [1.165, 1.54) is 13.0 Å². The van der Waals surface area contributed by atoms with Gasteiger partial charge in [0.1, 0.15) is 6.04 Å². The number of phenols is 1. The van der Waals surface area contributed by atoms with Gasteiger partial charge in [-0.3, -0.25) is 19.7 Å². The van der Waals surface area contributed by atoms with E-state index in [-0.39, 0.29) is 5.56 Å². The van der Waals surface area contributed by atoms with Crippen LogP contribution < -0.4 is 10.6 Å². The molecule has 124 valence electrons. The molecular formula is C16H15N3O5. The lowest BCUT2D eigenvalue weighted by Gasteiger charge is -2.14. The molecular weight excluding hydrogens is 314 g/mol. The van der Waals surface area contributed by atoms with E-state index in [4.69, 9.17) is 0 Å². The van der Waals surface area contributed by atoms with Gasteiger partial charge in [-0.25, -0.2) is 0 Å². The SMILES string of the molecule is CC(NC(=O)c1ccc([N+](=O)[O-])c(O)c1)C(=O)Nc1ccccc1. The molecule has 1 unspecified atom stereocenters. The number of carbonyl (C=O) groups is 2. The van der Waals surface area contributed by atoms with E-state index >= 15 is 0 Å². The van der Waals surface area contributed by atoms with Crippen molar-refractivity contribution in [3.8, 4) is 5.75 Å². The van der Waals surface area contributed by atoms with Crippen molar-refractivity contribution in [1.29, 1.82) is 0 Å². The van der Waals surface area contributed by atoms with Crippen molar-refractivity contribution in [3.63, 3.8) is 0 Å². The molecule has 0 heterocycles. The molecule has 0 radical (unpaired) electrons. The fourth-order valence-electron chi connectivity index (χ4n) is 1.94. The van der Waals surface area contributed by atoms with Crippen LogP contribution in [-0.2, 0) is 4.79 Å². The maximum absolute atomic E-state index is 12.1. The van der Waals surface area contributed by atoms with E-state index in [9.17, 15) is 24.8 Å². The first-order valence-corrected chi connectivity index (χ1v) is 7.02. The summed E-state index contributed by atoms with van der Waals surface area (Å²) < 4.78 is 0. The minimum atomic E-state index is -0.838. The Morgan fingerprint density at radius 3 is 2.42 bits per heavy atom. The number of rotatable bonds is 5. The molecule has 0 spiro atoms. The number of amides is 2. The Morgan fingerprint density at radius 1 is 1.17 bits per heavy atom. The molecule has 2 amide bonds. The van der Waals surface area contributed by atoms with Crippen LogP contribution in [0, 0.1) is 10.1 Å². The zero-order valence-electron chi connectivity index (χ0n) is 12.7. The number of hydrogen-bond acceptors (Lipinski definition) is 5. The van der Waals surface area contributed by atoms with Gasteiger partial charge in [0.25, 0.3) is 5.91 Å². The van der Waals surface area contributed by atoms with Crippen molar-refractivity contribution in [2.75, 3.05) is 5.32 Å². The van der Waals surface area contributed by atoms with Gasteiger partial charge >= 0.3 is 5.69 Å². The smallest absolute Gasteiger partial charge is 0.310 e. The standard InChI is InChI=1S/C16H15N3O5/c1-10(15(21)18-12-5-3-2-4-6-12)17-16(22)11-7-8-13(19(23)24)14(20)9-11/h2-10,20H,1H3,(H,17,22)(H,18,21). The van der Waals surface area contributed by atoms with Gasteiger partial charge in [-0.2, -0.15) is 0 Å². The van der Waals surface area contributed by atoms with Crippen LogP contribution in [0.25, 0.3) is 0 Å². The number of para-hydroxylation sites is 1. The lowest BCUT2D eigenvalue weighted by molar-refractivity contribution is -0.385. The number of hydrogen-bond donors (Lipinski definition) is 3. The van der Waals surface area contributed by atoms with Crippen LogP contribution in [-0.4, -0.2) is 27.9 Å². The highest BCUT2D eigenvalue weighted by Crippen LogP contribution is 2.26. The van der Waals surface area contributed by atoms with Gasteiger partial charge in [-0.1, -0.05) is 18.2 Å². The van der Waals surface area contributed by atoms with Crippen LogP contribution in [0.4, 0.5) is 11.4 Å². The maximum atomic E-state index is 12.1. The number of phenolic OH excluding ortho intramolecular Hbond substituents is 1. The highest BCUT2D eigenvalue weighted by molar-refractivity contribution is 6.01. The quantitative estimate of drug-likeness (QED) is 0.572. The largest absolute Gasteiger partial charge is 0.502 e. The number of nitro benzene ring substituents is 1. The molecule has 2 aromatic carbocycles. The summed E-state index contributed by atoms with van der Waals surface area (Å²) in [5, 5.41) is 25.3. The molecule has 0 aliphatic rings. The van der Waals surface area contributed by atoms with Gasteiger partial charge in [-0.15, -0.1) is 0 Å². The summed E-state index contributed by atoms with van der Waals surface area (Å²) in [6.07, 6.45) is 0. The van der Waals surface area contributed by atoms with Crippen molar-refractivity contribution in [3.05, 3.63) is 64.2 Å². The Balaban J connectivity index is 2.02. The predicted octanol–water partition coefficient (Wildman–Crippen LogP) is 2.06. The molecule has 3 N–H and O–H groups in total. The number of carbonyl (C=O) groups excluding carboxylic acids is 2. The Labute approximate surface area is 137 Å². The molecule has 2 aromatic rings. The number of aromatic hydroxyl groups is 1. The van der Waals surface area contributed by atoms with Gasteiger partial charge in [-0.05, 0) is 31.2 Å². The normalized spacial score (nSPS) is 11.4. The van der Waals surface area contributed by atoms with E-state index in [0.717, 1.165) is 12.1 Å². The monoisotopic (exact) mass is 329 g/mol. The first kappa shape index (κ1) is 16.9. The highest BCUT2D eigenvalue weighted by Gasteiger charge is 2.19. The molecule has 0 bridgehead atoms. The zero-order valence-corrected chi connectivity index (χ0v) is 12.7. The zero-order chi connectivity index (χ0) is 17.7. The Kier molecular flexibility index (Phi) is 5.10. The van der Waals surface area contributed by atoms with E-state index in [1.807, 2.05) is 6.07 Å². The highest BCUT2D eigenvalue weighted by atomic mass is 16.6. The average Bonchev–Trinajstić information content (AvgIpc) is 2.55. The molecule has 0 aliphatic carbocycles. The van der Waals surface area contributed by atoms with Crippen molar-refractivity contribution in [2.45, 2.75) is 13.0 Å². The Bertz CT molecular complexity index is 777. The Morgan fingerprint density at radius 2 is 1.83 bits per heavy atom. The van der Waals surface area contributed by atoms with Gasteiger partial charge in [0.05, 0.1) is 4.92 Å². The number of nitrogens with one attached hydrogen (secondary N) is 2. The fraction of sp³-hybridized carbons (Fsp3) is 0.125. The molecule has 1 atom stereocenters. The lowest BCUT2D eigenvalue weighted by Crippen LogP contribution is -2.41. The van der Waals surface area contributed by atoms with Crippen molar-refractivity contribution < 1.29 is 19.6 Å². The summed E-state index contributed by atoms with van der Waals surface area (Å²) in [5.41, 5.74) is 0.107. The second-order valence-electron chi connectivity index (χ2n) is 5.01.